The Hall–Kier alpha value is -0.330. The SMILES string of the molecule is C[C@@H]1C(=O)CCC[C@H]2CCC[C@@H]21. The summed E-state index contributed by atoms with van der Waals surface area (Å²) in [7, 11) is 0. The second-order valence-electron chi connectivity index (χ2n) is 4.50. The molecule has 0 aromatic carbocycles. The van der Waals surface area contributed by atoms with Crippen LogP contribution in [0.4, 0.5) is 0 Å². The Morgan fingerprint density at radius 1 is 1.17 bits per heavy atom. The van der Waals surface area contributed by atoms with Gasteiger partial charge in [0.2, 0.25) is 0 Å². The van der Waals surface area contributed by atoms with Crippen molar-refractivity contribution in [3.05, 3.63) is 0 Å². The zero-order valence-corrected chi connectivity index (χ0v) is 7.88. The Balaban J connectivity index is 2.13. The molecule has 0 aromatic heterocycles. The first-order valence-corrected chi connectivity index (χ1v) is 5.32. The third-order valence-corrected chi connectivity index (χ3v) is 3.87. The number of rotatable bonds is 0. The second kappa shape index (κ2) is 3.20. The molecule has 12 heavy (non-hydrogen) atoms. The van der Waals surface area contributed by atoms with E-state index in [1.165, 1.54) is 25.7 Å². The zero-order valence-electron chi connectivity index (χ0n) is 7.88. The monoisotopic (exact) mass is 166 g/mol. The first-order valence-electron chi connectivity index (χ1n) is 5.32. The number of Topliss-reactive ketones (excluding diaryl/α,β-unsaturated/α-hetero) is 1. The Labute approximate surface area is 74.5 Å². The van der Waals surface area contributed by atoms with E-state index in [0.29, 0.717) is 11.7 Å². The van der Waals surface area contributed by atoms with E-state index in [4.69, 9.17) is 0 Å². The molecule has 0 heterocycles. The summed E-state index contributed by atoms with van der Waals surface area (Å²) in [4.78, 5) is 11.6. The Morgan fingerprint density at radius 3 is 2.75 bits per heavy atom. The summed E-state index contributed by atoms with van der Waals surface area (Å²) < 4.78 is 0. The van der Waals surface area contributed by atoms with Gasteiger partial charge in [-0.3, -0.25) is 4.79 Å². The smallest absolute Gasteiger partial charge is 0.135 e. The summed E-state index contributed by atoms with van der Waals surface area (Å²) in [6.45, 7) is 2.15. The molecule has 2 aliphatic carbocycles. The second-order valence-corrected chi connectivity index (χ2v) is 4.50. The zero-order chi connectivity index (χ0) is 8.55. The van der Waals surface area contributed by atoms with Crippen LogP contribution >= 0.6 is 0 Å². The maximum atomic E-state index is 11.6. The molecule has 0 aliphatic heterocycles. The third kappa shape index (κ3) is 1.30. The number of carbonyl (C=O) groups excluding carboxylic acids is 1. The van der Waals surface area contributed by atoms with Gasteiger partial charge in [-0.05, 0) is 31.1 Å². The first-order chi connectivity index (χ1) is 5.79. The van der Waals surface area contributed by atoms with Gasteiger partial charge in [0.25, 0.3) is 0 Å². The molecule has 2 saturated carbocycles. The molecule has 0 bridgehead atoms. The van der Waals surface area contributed by atoms with E-state index in [9.17, 15) is 4.79 Å². The van der Waals surface area contributed by atoms with Crippen LogP contribution in [-0.4, -0.2) is 5.78 Å². The lowest BCUT2D eigenvalue weighted by Crippen LogP contribution is -2.20. The van der Waals surface area contributed by atoms with E-state index < -0.39 is 0 Å². The van der Waals surface area contributed by atoms with Crippen LogP contribution in [0.3, 0.4) is 0 Å². The van der Waals surface area contributed by atoms with E-state index in [-0.39, 0.29) is 0 Å². The minimum atomic E-state index is 0.375. The molecular formula is C11H18O. The molecule has 2 rings (SSSR count). The highest BCUT2D eigenvalue weighted by Gasteiger charge is 2.36. The van der Waals surface area contributed by atoms with Crippen LogP contribution in [0.5, 0.6) is 0 Å². The largest absolute Gasteiger partial charge is 0.299 e. The fraction of sp³-hybridized carbons (Fsp3) is 0.909. The van der Waals surface area contributed by atoms with Crippen molar-refractivity contribution in [2.75, 3.05) is 0 Å². The Kier molecular flexibility index (Phi) is 2.20. The predicted octanol–water partition coefficient (Wildman–Crippen LogP) is 2.79. The minimum Gasteiger partial charge on any atom is -0.299 e. The fourth-order valence-corrected chi connectivity index (χ4v) is 3.09. The summed E-state index contributed by atoms with van der Waals surface area (Å²) in [5.74, 6) is 2.55. The van der Waals surface area contributed by atoms with Gasteiger partial charge >= 0.3 is 0 Å². The minimum absolute atomic E-state index is 0.375. The van der Waals surface area contributed by atoms with Crippen molar-refractivity contribution in [3.63, 3.8) is 0 Å². The van der Waals surface area contributed by atoms with Gasteiger partial charge in [0, 0.05) is 12.3 Å². The van der Waals surface area contributed by atoms with Crippen LogP contribution < -0.4 is 0 Å². The van der Waals surface area contributed by atoms with Crippen molar-refractivity contribution in [1.29, 1.82) is 0 Å². The van der Waals surface area contributed by atoms with Crippen LogP contribution in [-0.2, 0) is 4.79 Å². The summed E-state index contributed by atoms with van der Waals surface area (Å²) in [6.07, 6.45) is 7.41. The molecule has 0 spiro atoms. The third-order valence-electron chi connectivity index (χ3n) is 3.87. The lowest BCUT2D eigenvalue weighted by Gasteiger charge is -2.20. The maximum Gasteiger partial charge on any atom is 0.135 e. The van der Waals surface area contributed by atoms with Crippen molar-refractivity contribution < 1.29 is 4.79 Å². The van der Waals surface area contributed by atoms with Crippen LogP contribution in [0.25, 0.3) is 0 Å². The van der Waals surface area contributed by atoms with Crippen LogP contribution in [0, 0.1) is 17.8 Å². The fourth-order valence-electron chi connectivity index (χ4n) is 3.09. The van der Waals surface area contributed by atoms with Gasteiger partial charge in [-0.25, -0.2) is 0 Å². The Morgan fingerprint density at radius 2 is 1.92 bits per heavy atom. The Bertz CT molecular complexity index is 185. The molecular weight excluding hydrogens is 148 g/mol. The van der Waals surface area contributed by atoms with Crippen molar-refractivity contribution in [2.45, 2.75) is 45.4 Å². The molecule has 0 unspecified atom stereocenters. The van der Waals surface area contributed by atoms with Crippen LogP contribution in [0.1, 0.15) is 45.4 Å². The van der Waals surface area contributed by atoms with E-state index in [2.05, 4.69) is 6.92 Å². The highest BCUT2D eigenvalue weighted by Crippen LogP contribution is 2.42. The van der Waals surface area contributed by atoms with Gasteiger partial charge < -0.3 is 0 Å². The summed E-state index contributed by atoms with van der Waals surface area (Å²) in [6, 6.07) is 0. The first kappa shape index (κ1) is 8.28. The van der Waals surface area contributed by atoms with Gasteiger partial charge in [0.15, 0.2) is 0 Å². The molecule has 0 amide bonds. The highest BCUT2D eigenvalue weighted by molar-refractivity contribution is 5.81. The van der Waals surface area contributed by atoms with Gasteiger partial charge in [-0.2, -0.15) is 0 Å². The molecule has 0 N–H and O–H groups in total. The molecule has 2 fully saturated rings. The van der Waals surface area contributed by atoms with Crippen molar-refractivity contribution in [2.24, 2.45) is 17.8 Å². The predicted molar refractivity (Wildman–Crippen MR) is 48.9 cm³/mol. The molecule has 0 saturated heterocycles. The molecule has 1 heteroatoms. The number of ketones is 1. The molecule has 1 nitrogen and oxygen atoms in total. The van der Waals surface area contributed by atoms with E-state index >= 15 is 0 Å². The van der Waals surface area contributed by atoms with Crippen LogP contribution in [0.2, 0.25) is 0 Å². The van der Waals surface area contributed by atoms with Gasteiger partial charge in [-0.1, -0.05) is 19.8 Å². The average Bonchev–Trinajstić information content (AvgIpc) is 2.46. The van der Waals surface area contributed by atoms with Crippen molar-refractivity contribution in [3.8, 4) is 0 Å². The number of hydrogen-bond acceptors (Lipinski definition) is 1. The van der Waals surface area contributed by atoms with Gasteiger partial charge in [-0.15, -0.1) is 0 Å². The lowest BCUT2D eigenvalue weighted by atomic mass is 9.84. The standard InChI is InChI=1S/C11H18O/c1-8-10-6-2-4-9(10)5-3-7-11(8)12/h8-10H,2-7H2,1H3/t8-,9+,10+/m0/s1. The lowest BCUT2D eigenvalue weighted by molar-refractivity contribution is -0.123. The average molecular weight is 166 g/mol. The topological polar surface area (TPSA) is 17.1 Å². The summed E-state index contributed by atoms with van der Waals surface area (Å²) >= 11 is 0. The van der Waals surface area contributed by atoms with Gasteiger partial charge in [0.1, 0.15) is 5.78 Å². The van der Waals surface area contributed by atoms with Gasteiger partial charge in [0.05, 0.1) is 0 Å². The summed E-state index contributed by atoms with van der Waals surface area (Å²) in [5, 5.41) is 0. The molecule has 68 valence electrons. The molecule has 0 aromatic rings. The quantitative estimate of drug-likeness (QED) is 0.541. The highest BCUT2D eigenvalue weighted by atomic mass is 16.1. The summed E-state index contributed by atoms with van der Waals surface area (Å²) in [5.41, 5.74) is 0. The molecule has 0 radical (unpaired) electrons. The van der Waals surface area contributed by atoms with E-state index in [1.54, 1.807) is 0 Å². The number of carbonyl (C=O) groups is 1. The molecule has 2 aliphatic rings. The van der Waals surface area contributed by atoms with E-state index in [1.807, 2.05) is 0 Å². The van der Waals surface area contributed by atoms with Crippen molar-refractivity contribution >= 4 is 5.78 Å². The molecule has 3 atom stereocenters. The van der Waals surface area contributed by atoms with Crippen LogP contribution in [0.15, 0.2) is 0 Å². The van der Waals surface area contributed by atoms with E-state index in [0.717, 1.165) is 24.7 Å². The van der Waals surface area contributed by atoms with Crippen molar-refractivity contribution in [1.82, 2.24) is 0 Å². The number of fused-ring (bicyclic) bond motifs is 1. The normalized spacial score (nSPS) is 42.4. The maximum absolute atomic E-state index is 11.6. The number of hydrogen-bond donors (Lipinski definition) is 0.